The molecule has 0 aliphatic carbocycles. The lowest BCUT2D eigenvalue weighted by atomic mass is 10.0. The molecule has 1 amide bonds. The minimum absolute atomic E-state index is 0.0936. The van der Waals surface area contributed by atoms with Gasteiger partial charge in [-0.15, -0.1) is 6.58 Å². The van der Waals surface area contributed by atoms with Crippen molar-refractivity contribution in [3.63, 3.8) is 0 Å². The first-order valence-corrected chi connectivity index (χ1v) is 6.29. The van der Waals surface area contributed by atoms with Crippen molar-refractivity contribution in [1.29, 1.82) is 0 Å². The van der Waals surface area contributed by atoms with Gasteiger partial charge in [0.1, 0.15) is 0 Å². The first-order valence-electron chi connectivity index (χ1n) is 6.29. The van der Waals surface area contributed by atoms with Gasteiger partial charge < -0.3 is 10.4 Å². The van der Waals surface area contributed by atoms with Gasteiger partial charge >= 0.3 is 0 Å². The van der Waals surface area contributed by atoms with Crippen molar-refractivity contribution < 1.29 is 9.90 Å². The van der Waals surface area contributed by atoms with Gasteiger partial charge in [-0.05, 0) is 32.6 Å². The van der Waals surface area contributed by atoms with Crippen molar-refractivity contribution in [1.82, 2.24) is 5.32 Å². The summed E-state index contributed by atoms with van der Waals surface area (Å²) in [6.07, 6.45) is 10.4. The molecule has 0 unspecified atom stereocenters. The summed E-state index contributed by atoms with van der Waals surface area (Å²) in [5.74, 6) is -0.0936. The van der Waals surface area contributed by atoms with Crippen LogP contribution in [-0.2, 0) is 4.79 Å². The maximum Gasteiger partial charge on any atom is 0.217 e. The Labute approximate surface area is 105 Å². The highest BCUT2D eigenvalue weighted by Crippen LogP contribution is 2.07. The molecule has 98 valence electrons. The number of carbonyl (C=O) groups excluding carboxylic acids is 1. The third-order valence-corrected chi connectivity index (χ3v) is 2.60. The minimum Gasteiger partial charge on any atom is -0.391 e. The standard InChI is InChI=1S/C14H25NO2/c1-4-5-6-7-8-9-10-11-14(17)12(2)15-13(3)16/h4,6-7,12,14,17H,1,5,8-11H2,2-3H3,(H,15,16)/b7-6+/t12-,14+/m1/s1. The summed E-state index contributed by atoms with van der Waals surface area (Å²) in [4.78, 5) is 10.8. The molecular weight excluding hydrogens is 214 g/mol. The molecular formula is C14H25NO2. The molecule has 0 aliphatic heterocycles. The topological polar surface area (TPSA) is 49.3 Å². The van der Waals surface area contributed by atoms with Crippen molar-refractivity contribution in [2.45, 2.75) is 58.1 Å². The van der Waals surface area contributed by atoms with E-state index in [2.05, 4.69) is 24.0 Å². The Kier molecular flexibility index (Phi) is 9.44. The molecule has 0 bridgehead atoms. The maximum absolute atomic E-state index is 10.8. The molecule has 0 rings (SSSR count). The molecule has 0 fully saturated rings. The Morgan fingerprint density at radius 3 is 2.71 bits per heavy atom. The number of aliphatic hydroxyl groups is 1. The van der Waals surface area contributed by atoms with E-state index in [1.54, 1.807) is 0 Å². The van der Waals surface area contributed by atoms with Gasteiger partial charge in [-0.2, -0.15) is 0 Å². The Bertz CT molecular complexity index is 249. The van der Waals surface area contributed by atoms with E-state index in [4.69, 9.17) is 0 Å². The fourth-order valence-corrected chi connectivity index (χ4v) is 1.59. The zero-order valence-corrected chi connectivity index (χ0v) is 11.0. The number of rotatable bonds is 9. The molecule has 0 spiro atoms. The highest BCUT2D eigenvalue weighted by Gasteiger charge is 2.13. The average molecular weight is 239 g/mol. The van der Waals surface area contributed by atoms with Crippen molar-refractivity contribution in [2.24, 2.45) is 0 Å². The molecule has 2 atom stereocenters. The van der Waals surface area contributed by atoms with Crippen molar-refractivity contribution in [2.75, 3.05) is 0 Å². The number of aliphatic hydroxyl groups excluding tert-OH is 1. The first kappa shape index (κ1) is 15.9. The number of hydrogen-bond donors (Lipinski definition) is 2. The Morgan fingerprint density at radius 1 is 1.41 bits per heavy atom. The second-order valence-corrected chi connectivity index (χ2v) is 4.34. The second-order valence-electron chi connectivity index (χ2n) is 4.34. The third-order valence-electron chi connectivity index (χ3n) is 2.60. The summed E-state index contributed by atoms with van der Waals surface area (Å²) in [5, 5.41) is 12.5. The molecule has 0 aromatic carbocycles. The summed E-state index contributed by atoms with van der Waals surface area (Å²) >= 11 is 0. The van der Waals surface area contributed by atoms with Gasteiger partial charge in [-0.25, -0.2) is 0 Å². The van der Waals surface area contributed by atoms with Gasteiger partial charge in [0.2, 0.25) is 5.91 Å². The number of carbonyl (C=O) groups is 1. The van der Waals surface area contributed by atoms with Gasteiger partial charge in [0.05, 0.1) is 12.1 Å². The van der Waals surface area contributed by atoms with E-state index in [0.29, 0.717) is 0 Å². The van der Waals surface area contributed by atoms with Gasteiger partial charge in [-0.3, -0.25) is 4.79 Å². The van der Waals surface area contributed by atoms with Gasteiger partial charge in [-0.1, -0.05) is 24.6 Å². The molecule has 0 radical (unpaired) electrons. The lowest BCUT2D eigenvalue weighted by Gasteiger charge is -2.19. The predicted octanol–water partition coefficient (Wildman–Crippen LogP) is 2.56. The first-order chi connectivity index (χ1) is 8.07. The average Bonchev–Trinajstić information content (AvgIpc) is 2.26. The monoisotopic (exact) mass is 239 g/mol. The smallest absolute Gasteiger partial charge is 0.217 e. The third kappa shape index (κ3) is 9.82. The molecule has 0 aromatic rings. The highest BCUT2D eigenvalue weighted by molar-refractivity contribution is 5.73. The minimum atomic E-state index is -0.448. The summed E-state index contributed by atoms with van der Waals surface area (Å²) in [7, 11) is 0. The van der Waals surface area contributed by atoms with Crippen LogP contribution in [0.2, 0.25) is 0 Å². The van der Waals surface area contributed by atoms with E-state index >= 15 is 0 Å². The van der Waals surface area contributed by atoms with Crippen LogP contribution in [0.25, 0.3) is 0 Å². The van der Waals surface area contributed by atoms with E-state index in [1.807, 2.05) is 13.0 Å². The molecule has 0 saturated carbocycles. The second kappa shape index (κ2) is 10.1. The van der Waals surface area contributed by atoms with Crippen molar-refractivity contribution in [3.8, 4) is 0 Å². The van der Waals surface area contributed by atoms with Crippen LogP contribution < -0.4 is 5.32 Å². The fraction of sp³-hybridized carbons (Fsp3) is 0.643. The van der Waals surface area contributed by atoms with Crippen LogP contribution in [0, 0.1) is 0 Å². The Balaban J connectivity index is 3.53. The molecule has 3 heteroatoms. The predicted molar refractivity (Wildman–Crippen MR) is 71.7 cm³/mol. The van der Waals surface area contributed by atoms with E-state index in [0.717, 1.165) is 32.1 Å². The number of unbranched alkanes of at least 4 members (excludes halogenated alkanes) is 2. The quantitative estimate of drug-likeness (QED) is 0.480. The van der Waals surface area contributed by atoms with Crippen LogP contribution in [-0.4, -0.2) is 23.2 Å². The molecule has 17 heavy (non-hydrogen) atoms. The maximum atomic E-state index is 10.8. The molecule has 0 aromatic heterocycles. The number of amides is 1. The highest BCUT2D eigenvalue weighted by atomic mass is 16.3. The molecule has 0 aliphatic rings. The number of hydrogen-bond acceptors (Lipinski definition) is 2. The summed E-state index contributed by atoms with van der Waals surface area (Å²) < 4.78 is 0. The van der Waals surface area contributed by atoms with Crippen LogP contribution >= 0.6 is 0 Å². The summed E-state index contributed by atoms with van der Waals surface area (Å²) in [6.45, 7) is 6.94. The summed E-state index contributed by atoms with van der Waals surface area (Å²) in [5.41, 5.74) is 0. The Morgan fingerprint density at radius 2 is 2.12 bits per heavy atom. The van der Waals surface area contributed by atoms with Gasteiger partial charge in [0.15, 0.2) is 0 Å². The lowest BCUT2D eigenvalue weighted by Crippen LogP contribution is -2.39. The largest absolute Gasteiger partial charge is 0.391 e. The van der Waals surface area contributed by atoms with Crippen LogP contribution in [0.3, 0.4) is 0 Å². The fourth-order valence-electron chi connectivity index (χ4n) is 1.59. The molecule has 0 saturated heterocycles. The lowest BCUT2D eigenvalue weighted by molar-refractivity contribution is -0.120. The SMILES string of the molecule is C=CC/C=C/CCCC[C@H](O)[C@@H](C)NC(C)=O. The van der Waals surface area contributed by atoms with E-state index in [-0.39, 0.29) is 11.9 Å². The normalized spacial score (nSPS) is 14.5. The molecule has 2 N–H and O–H groups in total. The van der Waals surface area contributed by atoms with Crippen LogP contribution in [0.1, 0.15) is 46.0 Å². The zero-order chi connectivity index (χ0) is 13.1. The number of nitrogens with one attached hydrogen (secondary N) is 1. The van der Waals surface area contributed by atoms with E-state index < -0.39 is 6.10 Å². The van der Waals surface area contributed by atoms with Crippen molar-refractivity contribution >= 4 is 5.91 Å². The molecule has 3 nitrogen and oxygen atoms in total. The van der Waals surface area contributed by atoms with Gasteiger partial charge in [0, 0.05) is 6.92 Å². The van der Waals surface area contributed by atoms with Crippen molar-refractivity contribution in [3.05, 3.63) is 24.8 Å². The van der Waals surface area contributed by atoms with Crippen LogP contribution in [0.4, 0.5) is 0 Å². The number of allylic oxidation sites excluding steroid dienone is 3. The summed E-state index contributed by atoms with van der Waals surface area (Å²) in [6, 6.07) is -0.163. The van der Waals surface area contributed by atoms with Crippen LogP contribution in [0.15, 0.2) is 24.8 Å². The van der Waals surface area contributed by atoms with E-state index in [1.165, 1.54) is 6.92 Å². The van der Waals surface area contributed by atoms with Crippen LogP contribution in [0.5, 0.6) is 0 Å². The van der Waals surface area contributed by atoms with E-state index in [9.17, 15) is 9.90 Å². The Hall–Kier alpha value is -1.09. The zero-order valence-electron chi connectivity index (χ0n) is 11.0. The molecule has 0 heterocycles. The van der Waals surface area contributed by atoms with Gasteiger partial charge in [0.25, 0.3) is 0 Å².